The summed E-state index contributed by atoms with van der Waals surface area (Å²) >= 11 is 0. The number of hydrogen-bond donors (Lipinski definition) is 10. The zero-order valence-electron chi connectivity index (χ0n) is 24.8. The van der Waals surface area contributed by atoms with E-state index in [1.165, 1.54) is 0 Å². The molecule has 2 aliphatic heterocycles. The third-order valence-corrected chi connectivity index (χ3v) is 7.69. The van der Waals surface area contributed by atoms with Crippen molar-refractivity contribution < 1.29 is 54.7 Å². The van der Waals surface area contributed by atoms with E-state index in [9.17, 15) is 35.7 Å². The Kier molecular flexibility index (Phi) is 17.0. The second-order valence-corrected chi connectivity index (χ2v) is 11.5. The minimum absolute atomic E-state index is 0.00162. The number of rotatable bonds is 19. The van der Waals surface area contributed by atoms with Crippen LogP contribution in [-0.4, -0.2) is 186 Å². The first-order chi connectivity index (χ1) is 19.9. The van der Waals surface area contributed by atoms with Crippen LogP contribution >= 0.6 is 0 Å². The smallest absolute Gasteiger partial charge is 0.175 e. The van der Waals surface area contributed by atoms with Gasteiger partial charge in [0.2, 0.25) is 0 Å². The third kappa shape index (κ3) is 11.7. The Bertz CT molecular complexity index is 672. The predicted octanol–water partition coefficient (Wildman–Crippen LogP) is -5.34. The van der Waals surface area contributed by atoms with Crippen LogP contribution in [0.25, 0.3) is 0 Å². The number of nitrogens with zero attached hydrogens (tertiary/aromatic N) is 2. The number of aliphatic hydroxyl groups is 7. The molecule has 12 atom stereocenters. The molecular weight excluding hydrogens is 558 g/mol. The fourth-order valence-electron chi connectivity index (χ4n) is 5.09. The minimum atomic E-state index is -1.31. The molecule has 2 fully saturated rings. The van der Waals surface area contributed by atoms with Gasteiger partial charge in [-0.3, -0.25) is 0 Å². The van der Waals surface area contributed by atoms with Crippen molar-refractivity contribution in [2.45, 2.75) is 99.2 Å². The highest BCUT2D eigenvalue weighted by molar-refractivity contribution is 4.92. The predicted molar refractivity (Wildman–Crippen MR) is 151 cm³/mol. The molecule has 2 aliphatic rings. The number of hydrogen-bond acceptors (Lipinski definition) is 16. The highest BCUT2D eigenvalue weighted by Crippen LogP contribution is 2.22. The normalized spacial score (nSPS) is 35.6. The largest absolute Gasteiger partial charge is 0.394 e. The minimum Gasteiger partial charge on any atom is -0.394 e. The van der Waals surface area contributed by atoms with Crippen molar-refractivity contribution in [3.63, 3.8) is 0 Å². The SMILES string of the molecule is CN(CCCCCCN(C)CC(O)CO[C@H]1O[C@H](CO)[C@@H](O)[C@H](O)[C@H]1N)CC(O)CO[C@H]1O[C@H](CN)[C@@H](O)[C@H](O)[C@H]1N. The Morgan fingerprint density at radius 3 is 1.50 bits per heavy atom. The highest BCUT2D eigenvalue weighted by Gasteiger charge is 2.44. The monoisotopic (exact) mass is 613 g/mol. The summed E-state index contributed by atoms with van der Waals surface area (Å²) in [4.78, 5) is 3.99. The van der Waals surface area contributed by atoms with E-state index < -0.39 is 80.1 Å². The molecule has 42 heavy (non-hydrogen) atoms. The van der Waals surface area contributed by atoms with Crippen molar-refractivity contribution in [2.24, 2.45) is 17.2 Å². The first-order valence-corrected chi connectivity index (χ1v) is 14.7. The average molecular weight is 614 g/mol. The molecule has 0 bridgehead atoms. The maximum atomic E-state index is 10.3. The number of likely N-dealkylation sites (N-methyl/N-ethyl adjacent to an activating group) is 2. The molecule has 0 spiro atoms. The van der Waals surface area contributed by atoms with Crippen molar-refractivity contribution >= 4 is 0 Å². The van der Waals surface area contributed by atoms with Gasteiger partial charge in [0.05, 0.1) is 44.1 Å². The lowest BCUT2D eigenvalue weighted by Crippen LogP contribution is -2.63. The van der Waals surface area contributed by atoms with Gasteiger partial charge in [-0.05, 0) is 40.0 Å². The van der Waals surface area contributed by atoms with Crippen molar-refractivity contribution in [1.29, 1.82) is 0 Å². The van der Waals surface area contributed by atoms with E-state index in [0.717, 1.165) is 38.8 Å². The van der Waals surface area contributed by atoms with Crippen LogP contribution in [0.3, 0.4) is 0 Å². The van der Waals surface area contributed by atoms with Gasteiger partial charge in [0, 0.05) is 19.6 Å². The molecular formula is C26H55N5O11. The lowest BCUT2D eigenvalue weighted by atomic mass is 9.97. The number of aliphatic hydroxyl groups excluding tert-OH is 7. The summed E-state index contributed by atoms with van der Waals surface area (Å²) in [7, 11) is 3.81. The van der Waals surface area contributed by atoms with E-state index in [-0.39, 0.29) is 19.8 Å². The van der Waals surface area contributed by atoms with Gasteiger partial charge in [-0.25, -0.2) is 0 Å². The van der Waals surface area contributed by atoms with Crippen LogP contribution in [-0.2, 0) is 18.9 Å². The van der Waals surface area contributed by atoms with Crippen molar-refractivity contribution in [3.05, 3.63) is 0 Å². The van der Waals surface area contributed by atoms with Crippen molar-refractivity contribution in [2.75, 3.05) is 66.6 Å². The molecule has 2 unspecified atom stereocenters. The van der Waals surface area contributed by atoms with Crippen LogP contribution in [0.1, 0.15) is 25.7 Å². The van der Waals surface area contributed by atoms with Crippen LogP contribution in [0.5, 0.6) is 0 Å². The molecule has 0 saturated carbocycles. The molecule has 0 radical (unpaired) electrons. The Balaban J connectivity index is 1.52. The second kappa shape index (κ2) is 19.0. The topological polar surface area (TPSA) is 263 Å². The van der Waals surface area contributed by atoms with Gasteiger partial charge in [-0.2, -0.15) is 0 Å². The number of nitrogens with two attached hydrogens (primary N) is 3. The Morgan fingerprint density at radius 1 is 0.690 bits per heavy atom. The average Bonchev–Trinajstić information content (AvgIpc) is 2.95. The molecule has 0 amide bonds. The van der Waals surface area contributed by atoms with Crippen LogP contribution in [0, 0.1) is 0 Å². The molecule has 250 valence electrons. The fourth-order valence-corrected chi connectivity index (χ4v) is 5.09. The van der Waals surface area contributed by atoms with E-state index in [1.807, 2.05) is 23.9 Å². The number of unbranched alkanes of at least 4 members (excludes halogenated alkanes) is 3. The molecule has 0 aliphatic carbocycles. The lowest BCUT2D eigenvalue weighted by molar-refractivity contribution is -0.270. The summed E-state index contributed by atoms with van der Waals surface area (Å²) in [5.41, 5.74) is 17.3. The number of ether oxygens (including phenoxy) is 4. The van der Waals surface area contributed by atoms with Gasteiger partial charge >= 0.3 is 0 Å². The maximum Gasteiger partial charge on any atom is 0.175 e. The second-order valence-electron chi connectivity index (χ2n) is 11.5. The van der Waals surface area contributed by atoms with Gasteiger partial charge in [0.15, 0.2) is 12.6 Å². The molecule has 0 aromatic rings. The quantitative estimate of drug-likeness (QED) is 0.0610. The maximum absolute atomic E-state index is 10.3. The van der Waals surface area contributed by atoms with Gasteiger partial charge < -0.3 is 81.7 Å². The zero-order valence-corrected chi connectivity index (χ0v) is 24.8. The van der Waals surface area contributed by atoms with Crippen LogP contribution in [0.2, 0.25) is 0 Å². The zero-order chi connectivity index (χ0) is 31.4. The summed E-state index contributed by atoms with van der Waals surface area (Å²) in [6.45, 7) is 1.70. The summed E-state index contributed by atoms with van der Waals surface area (Å²) in [6, 6.07) is -1.96. The summed E-state index contributed by atoms with van der Waals surface area (Å²) in [6.07, 6.45) is -6.60. The summed E-state index contributed by atoms with van der Waals surface area (Å²) in [5.74, 6) is 0. The van der Waals surface area contributed by atoms with E-state index in [4.69, 9.17) is 36.1 Å². The molecule has 2 heterocycles. The molecule has 0 aromatic carbocycles. The molecule has 2 saturated heterocycles. The highest BCUT2D eigenvalue weighted by atomic mass is 16.7. The molecule has 0 aromatic heterocycles. The molecule has 2 rings (SSSR count). The molecule has 16 heteroatoms. The Morgan fingerprint density at radius 2 is 1.10 bits per heavy atom. The standard InChI is InChI=1S/C26H55N5O11/c1-30(10-15(33)13-39-25-19(28)23(37)21(35)17(9-27)41-25)7-5-3-4-6-8-31(2)11-16(34)14-40-26-20(29)24(38)22(36)18(12-32)42-26/h15-26,32-38H,3-14,27-29H2,1-2H3/t15?,16?,17-,18-,19-,20-,21-,22-,23-,24-,25+,26+/m1/s1. The van der Waals surface area contributed by atoms with Gasteiger partial charge in [-0.1, -0.05) is 12.8 Å². The van der Waals surface area contributed by atoms with E-state index in [0.29, 0.717) is 13.1 Å². The molecule has 13 N–H and O–H groups in total. The first kappa shape index (κ1) is 37.5. The van der Waals surface area contributed by atoms with Gasteiger partial charge in [0.1, 0.15) is 36.6 Å². The fraction of sp³-hybridized carbons (Fsp3) is 1.00. The first-order valence-electron chi connectivity index (χ1n) is 14.7. The van der Waals surface area contributed by atoms with Gasteiger partial charge in [-0.15, -0.1) is 0 Å². The van der Waals surface area contributed by atoms with E-state index in [1.54, 1.807) is 0 Å². The summed E-state index contributed by atoms with van der Waals surface area (Å²) in [5, 5.41) is 69.8. The van der Waals surface area contributed by atoms with Crippen molar-refractivity contribution in [1.82, 2.24) is 9.80 Å². The summed E-state index contributed by atoms with van der Waals surface area (Å²) < 4.78 is 22.0. The van der Waals surface area contributed by atoms with Crippen LogP contribution in [0.15, 0.2) is 0 Å². The Labute approximate surface area is 247 Å². The lowest BCUT2D eigenvalue weighted by Gasteiger charge is -2.40. The van der Waals surface area contributed by atoms with Crippen LogP contribution < -0.4 is 17.2 Å². The molecule has 16 nitrogen and oxygen atoms in total. The van der Waals surface area contributed by atoms with Crippen LogP contribution in [0.4, 0.5) is 0 Å². The van der Waals surface area contributed by atoms with E-state index >= 15 is 0 Å². The third-order valence-electron chi connectivity index (χ3n) is 7.69. The van der Waals surface area contributed by atoms with Gasteiger partial charge in [0.25, 0.3) is 0 Å². The van der Waals surface area contributed by atoms with Crippen molar-refractivity contribution in [3.8, 4) is 0 Å². The van der Waals surface area contributed by atoms with E-state index in [2.05, 4.69) is 0 Å². The Hall–Kier alpha value is -0.640.